The number of hydrogen-bond donors (Lipinski definition) is 1. The number of nitrogens with one attached hydrogen (secondary N) is 1. The second-order valence-corrected chi connectivity index (χ2v) is 9.75. The van der Waals surface area contributed by atoms with Gasteiger partial charge in [0.1, 0.15) is 16.3 Å². The summed E-state index contributed by atoms with van der Waals surface area (Å²) in [5, 5.41) is 1.07. The Hall–Kier alpha value is -2.11. The summed E-state index contributed by atoms with van der Waals surface area (Å²) < 4.78 is 10.3. The standard InChI is InChI=1S/C22H29ClN4O5S2/c1-6-31-19(29)15-13(3)25-22(26-17(15)23)34-11-9-12(2)8-7-10-32-20(30)16-14(4)24-21(33-5)27-18(16)28/h12H,6-11H2,1-5H3,(H,24,27,28). The first-order chi connectivity index (χ1) is 16.2. The van der Waals surface area contributed by atoms with Gasteiger partial charge in [0.25, 0.3) is 5.56 Å². The smallest absolute Gasteiger partial charge is 0.345 e. The molecule has 2 heterocycles. The fourth-order valence-electron chi connectivity index (χ4n) is 3.07. The molecule has 0 fully saturated rings. The fourth-order valence-corrected chi connectivity index (χ4v) is 4.90. The Balaban J connectivity index is 1.75. The first kappa shape index (κ1) is 28.1. The molecule has 0 spiro atoms. The highest BCUT2D eigenvalue weighted by atomic mass is 35.5. The molecule has 12 heteroatoms. The maximum absolute atomic E-state index is 12.3. The van der Waals surface area contributed by atoms with Gasteiger partial charge in [-0.2, -0.15) is 0 Å². The second-order valence-electron chi connectivity index (χ2n) is 7.53. The molecule has 0 amide bonds. The molecule has 9 nitrogen and oxygen atoms in total. The average Bonchev–Trinajstić information content (AvgIpc) is 2.76. The van der Waals surface area contributed by atoms with Crippen molar-refractivity contribution in [2.75, 3.05) is 25.2 Å². The van der Waals surface area contributed by atoms with E-state index in [0.29, 0.717) is 34.0 Å². The Kier molecular flexibility index (Phi) is 11.3. The predicted octanol–water partition coefficient (Wildman–Crippen LogP) is 4.48. The van der Waals surface area contributed by atoms with Crippen molar-refractivity contribution in [3.05, 3.63) is 38.0 Å². The number of esters is 2. The van der Waals surface area contributed by atoms with Crippen molar-refractivity contribution in [1.29, 1.82) is 0 Å². The van der Waals surface area contributed by atoms with Gasteiger partial charge in [-0.3, -0.25) is 4.79 Å². The Labute approximate surface area is 212 Å². The van der Waals surface area contributed by atoms with Crippen LogP contribution in [0.15, 0.2) is 15.1 Å². The molecule has 1 N–H and O–H groups in total. The molecule has 2 rings (SSSR count). The maximum Gasteiger partial charge on any atom is 0.345 e. The van der Waals surface area contributed by atoms with Crippen molar-refractivity contribution in [3.63, 3.8) is 0 Å². The van der Waals surface area contributed by atoms with E-state index in [0.717, 1.165) is 18.6 Å². The number of H-pyrrole nitrogens is 1. The lowest BCUT2D eigenvalue weighted by molar-refractivity contribution is 0.0487. The number of aromatic amines is 1. The zero-order chi connectivity index (χ0) is 25.3. The van der Waals surface area contributed by atoms with Gasteiger partial charge in [0.05, 0.1) is 24.6 Å². The maximum atomic E-state index is 12.3. The number of aryl methyl sites for hydroxylation is 2. The molecule has 0 aliphatic carbocycles. The monoisotopic (exact) mass is 528 g/mol. The van der Waals surface area contributed by atoms with Gasteiger partial charge in [0, 0.05) is 5.75 Å². The molecule has 0 radical (unpaired) electrons. The van der Waals surface area contributed by atoms with E-state index < -0.39 is 17.5 Å². The molecule has 2 aromatic rings. The Morgan fingerprint density at radius 3 is 2.35 bits per heavy atom. The normalized spacial score (nSPS) is 11.8. The molecule has 34 heavy (non-hydrogen) atoms. The van der Waals surface area contributed by atoms with E-state index in [-0.39, 0.29) is 29.5 Å². The molecule has 0 aliphatic rings. The zero-order valence-electron chi connectivity index (χ0n) is 19.9. The van der Waals surface area contributed by atoms with Crippen molar-refractivity contribution in [2.24, 2.45) is 5.92 Å². The van der Waals surface area contributed by atoms with Crippen molar-refractivity contribution in [1.82, 2.24) is 19.9 Å². The van der Waals surface area contributed by atoms with Gasteiger partial charge in [0.15, 0.2) is 10.3 Å². The summed E-state index contributed by atoms with van der Waals surface area (Å²) in [6.45, 7) is 7.65. The van der Waals surface area contributed by atoms with E-state index >= 15 is 0 Å². The lowest BCUT2D eigenvalue weighted by Gasteiger charge is -2.12. The highest BCUT2D eigenvalue weighted by molar-refractivity contribution is 7.99. The van der Waals surface area contributed by atoms with Crippen molar-refractivity contribution in [3.8, 4) is 0 Å². The molecule has 0 saturated heterocycles. The van der Waals surface area contributed by atoms with Gasteiger partial charge < -0.3 is 14.5 Å². The molecule has 0 bridgehead atoms. The van der Waals surface area contributed by atoms with Gasteiger partial charge >= 0.3 is 11.9 Å². The molecular weight excluding hydrogens is 500 g/mol. The van der Waals surface area contributed by atoms with E-state index in [2.05, 4.69) is 26.9 Å². The van der Waals surface area contributed by atoms with Crippen LogP contribution in [0.3, 0.4) is 0 Å². The number of carbonyl (C=O) groups excluding carboxylic acids is 2. The van der Waals surface area contributed by atoms with E-state index in [1.54, 1.807) is 27.0 Å². The van der Waals surface area contributed by atoms with Crippen LogP contribution in [-0.2, 0) is 9.47 Å². The highest BCUT2D eigenvalue weighted by Gasteiger charge is 2.19. The molecule has 0 aromatic carbocycles. The number of aromatic nitrogens is 4. The molecule has 0 saturated carbocycles. The van der Waals surface area contributed by atoms with E-state index in [9.17, 15) is 14.4 Å². The fraction of sp³-hybridized carbons (Fsp3) is 0.545. The molecule has 1 atom stereocenters. The van der Waals surface area contributed by atoms with Crippen LogP contribution in [0.1, 0.15) is 65.2 Å². The van der Waals surface area contributed by atoms with Gasteiger partial charge in [-0.15, -0.1) is 0 Å². The van der Waals surface area contributed by atoms with Crippen LogP contribution in [-0.4, -0.2) is 57.1 Å². The van der Waals surface area contributed by atoms with Gasteiger partial charge in [-0.25, -0.2) is 24.5 Å². The summed E-state index contributed by atoms with van der Waals surface area (Å²) in [7, 11) is 0. The van der Waals surface area contributed by atoms with Crippen molar-refractivity contribution < 1.29 is 19.1 Å². The van der Waals surface area contributed by atoms with Gasteiger partial charge in [-0.1, -0.05) is 42.0 Å². The predicted molar refractivity (Wildman–Crippen MR) is 133 cm³/mol. The first-order valence-corrected chi connectivity index (χ1v) is 13.4. The summed E-state index contributed by atoms with van der Waals surface area (Å²) in [6, 6.07) is 0. The number of rotatable bonds is 12. The minimum absolute atomic E-state index is 0.0508. The lowest BCUT2D eigenvalue weighted by Crippen LogP contribution is -2.23. The summed E-state index contributed by atoms with van der Waals surface area (Å²) in [4.78, 5) is 51.7. The largest absolute Gasteiger partial charge is 0.462 e. The zero-order valence-corrected chi connectivity index (χ0v) is 22.3. The van der Waals surface area contributed by atoms with E-state index in [1.165, 1.54) is 23.5 Å². The average molecular weight is 529 g/mol. The highest BCUT2D eigenvalue weighted by Crippen LogP contribution is 2.24. The molecule has 186 valence electrons. The molecule has 0 aliphatic heterocycles. The minimum atomic E-state index is -0.655. The Bertz CT molecular complexity index is 1060. The summed E-state index contributed by atoms with van der Waals surface area (Å²) >= 11 is 8.93. The Morgan fingerprint density at radius 1 is 1.06 bits per heavy atom. The summed E-state index contributed by atoms with van der Waals surface area (Å²) in [5.74, 6) is -0.0202. The molecule has 1 unspecified atom stereocenters. The third-order valence-electron chi connectivity index (χ3n) is 4.90. The third kappa shape index (κ3) is 7.99. The van der Waals surface area contributed by atoms with Gasteiger partial charge in [0.2, 0.25) is 0 Å². The minimum Gasteiger partial charge on any atom is -0.462 e. The lowest BCUT2D eigenvalue weighted by atomic mass is 10.0. The first-order valence-electron chi connectivity index (χ1n) is 10.8. The molecule has 2 aromatic heterocycles. The van der Waals surface area contributed by atoms with Crippen LogP contribution >= 0.6 is 35.1 Å². The van der Waals surface area contributed by atoms with Crippen molar-refractivity contribution >= 4 is 47.1 Å². The number of thioether (sulfide) groups is 2. The summed E-state index contributed by atoms with van der Waals surface area (Å²) in [6.07, 6.45) is 4.23. The third-order valence-corrected chi connectivity index (χ3v) is 6.63. The van der Waals surface area contributed by atoms with Crippen molar-refractivity contribution in [2.45, 2.75) is 57.3 Å². The SMILES string of the molecule is CCOC(=O)c1c(C)nc(SCCC(C)CCCOC(=O)c2c(C)nc(SC)[nH]c2=O)nc1Cl. The van der Waals surface area contributed by atoms with E-state index in [4.69, 9.17) is 21.1 Å². The number of halogens is 1. The van der Waals surface area contributed by atoms with Crippen LogP contribution < -0.4 is 5.56 Å². The van der Waals surface area contributed by atoms with Crippen LogP contribution in [0.25, 0.3) is 0 Å². The summed E-state index contributed by atoms with van der Waals surface area (Å²) in [5.41, 5.74) is 0.508. The van der Waals surface area contributed by atoms with Gasteiger partial charge in [-0.05, 0) is 52.2 Å². The number of carbonyl (C=O) groups is 2. The topological polar surface area (TPSA) is 124 Å². The van der Waals surface area contributed by atoms with Crippen LogP contribution in [0.2, 0.25) is 5.15 Å². The van der Waals surface area contributed by atoms with Crippen LogP contribution in [0, 0.1) is 19.8 Å². The molecular formula is C22H29ClN4O5S2. The quantitative estimate of drug-likeness (QED) is 0.138. The van der Waals surface area contributed by atoms with Crippen LogP contribution in [0.5, 0.6) is 0 Å². The number of ether oxygens (including phenoxy) is 2. The number of hydrogen-bond acceptors (Lipinski definition) is 10. The van der Waals surface area contributed by atoms with Crippen LogP contribution in [0.4, 0.5) is 0 Å². The Morgan fingerprint density at radius 2 is 1.74 bits per heavy atom. The number of nitrogens with zero attached hydrogens (tertiary/aromatic N) is 3. The second kappa shape index (κ2) is 13.7. The van der Waals surface area contributed by atoms with E-state index in [1.807, 2.05) is 0 Å².